The minimum atomic E-state index is -3.63. The molecule has 1 saturated heterocycles. The van der Waals surface area contributed by atoms with Gasteiger partial charge in [-0.15, -0.1) is 0 Å². The molecule has 162 valence electrons. The number of morpholine rings is 1. The molecule has 0 atom stereocenters. The van der Waals surface area contributed by atoms with Crippen molar-refractivity contribution in [1.29, 1.82) is 0 Å². The molecule has 0 unspecified atom stereocenters. The highest BCUT2D eigenvalue weighted by Gasteiger charge is 2.26. The fourth-order valence-corrected chi connectivity index (χ4v) is 4.89. The van der Waals surface area contributed by atoms with E-state index in [1.807, 2.05) is 6.07 Å². The van der Waals surface area contributed by atoms with Gasteiger partial charge >= 0.3 is 0 Å². The van der Waals surface area contributed by atoms with E-state index in [0.717, 1.165) is 12.2 Å². The second-order valence-electron chi connectivity index (χ2n) is 7.22. The molecule has 0 saturated carbocycles. The van der Waals surface area contributed by atoms with Crippen molar-refractivity contribution < 1.29 is 17.9 Å². The maximum absolute atomic E-state index is 12.8. The van der Waals surface area contributed by atoms with Crippen LogP contribution in [-0.2, 0) is 14.8 Å². The van der Waals surface area contributed by atoms with Crippen LogP contribution in [0.2, 0.25) is 0 Å². The van der Waals surface area contributed by atoms with Gasteiger partial charge in [-0.3, -0.25) is 4.79 Å². The molecule has 7 nitrogen and oxygen atoms in total. The topological polar surface area (TPSA) is 79.0 Å². The zero-order valence-corrected chi connectivity index (χ0v) is 18.3. The summed E-state index contributed by atoms with van der Waals surface area (Å²) in [5.41, 5.74) is 2.64. The number of amides is 1. The summed E-state index contributed by atoms with van der Waals surface area (Å²) in [5, 5.41) is 2.90. The molecule has 1 aliphatic rings. The Balaban J connectivity index is 1.62. The van der Waals surface area contributed by atoms with Gasteiger partial charge in [0.15, 0.2) is 0 Å². The Hall–Kier alpha value is -2.42. The molecule has 1 N–H and O–H groups in total. The molecular formula is C22H29N3O4S. The molecule has 0 aromatic heterocycles. The largest absolute Gasteiger partial charge is 0.379 e. The van der Waals surface area contributed by atoms with Crippen molar-refractivity contribution in [2.24, 2.45) is 0 Å². The molecule has 1 fully saturated rings. The number of likely N-dealkylation sites (N-methyl/N-ethyl adjacent to an activating group) is 1. The summed E-state index contributed by atoms with van der Waals surface area (Å²) in [4.78, 5) is 14.9. The molecule has 0 bridgehead atoms. The van der Waals surface area contributed by atoms with Crippen molar-refractivity contribution in [2.75, 3.05) is 50.8 Å². The quantitative estimate of drug-likeness (QED) is 0.694. The van der Waals surface area contributed by atoms with Crippen molar-refractivity contribution >= 4 is 21.6 Å². The van der Waals surface area contributed by atoms with Gasteiger partial charge < -0.3 is 15.0 Å². The first-order chi connectivity index (χ1) is 14.4. The molecule has 1 amide bonds. The summed E-state index contributed by atoms with van der Waals surface area (Å²) in [7, 11) is -3.63. The van der Waals surface area contributed by atoms with Crippen LogP contribution in [0.5, 0.6) is 0 Å². The third kappa shape index (κ3) is 5.38. The Bertz CT molecular complexity index is 972. The van der Waals surface area contributed by atoms with Crippen LogP contribution < -0.4 is 10.2 Å². The van der Waals surface area contributed by atoms with Crippen LogP contribution in [0, 0.1) is 6.92 Å². The summed E-state index contributed by atoms with van der Waals surface area (Å²) in [6.07, 6.45) is 0. The highest BCUT2D eigenvalue weighted by Crippen LogP contribution is 2.19. The van der Waals surface area contributed by atoms with Gasteiger partial charge in [0.1, 0.15) is 0 Å². The standard InChI is InChI=1S/C22H29N3O4S/c1-3-24(20-8-4-6-18(2)16-20)11-10-23-22(26)19-7-5-9-21(17-19)30(27,28)25-12-14-29-15-13-25/h4-9,16-17H,3,10-15H2,1-2H3,(H,23,26). The Morgan fingerprint density at radius 3 is 2.57 bits per heavy atom. The van der Waals surface area contributed by atoms with E-state index in [1.54, 1.807) is 12.1 Å². The average Bonchev–Trinajstić information content (AvgIpc) is 2.77. The summed E-state index contributed by atoms with van der Waals surface area (Å²) in [5.74, 6) is -0.283. The third-order valence-electron chi connectivity index (χ3n) is 5.12. The van der Waals surface area contributed by atoms with Gasteiger partial charge in [0.2, 0.25) is 10.0 Å². The molecule has 0 spiro atoms. The summed E-state index contributed by atoms with van der Waals surface area (Å²) in [6, 6.07) is 14.4. The van der Waals surface area contributed by atoms with Gasteiger partial charge in [0.05, 0.1) is 18.1 Å². The van der Waals surface area contributed by atoms with E-state index in [0.29, 0.717) is 45.0 Å². The number of carbonyl (C=O) groups excluding carboxylic acids is 1. The third-order valence-corrected chi connectivity index (χ3v) is 7.01. The first kappa shape index (κ1) is 22.3. The van der Waals surface area contributed by atoms with Crippen LogP contribution in [0.25, 0.3) is 0 Å². The Morgan fingerprint density at radius 2 is 1.87 bits per heavy atom. The van der Waals surface area contributed by atoms with Gasteiger partial charge in [0.25, 0.3) is 5.91 Å². The number of carbonyl (C=O) groups is 1. The lowest BCUT2D eigenvalue weighted by Crippen LogP contribution is -2.40. The van der Waals surface area contributed by atoms with E-state index in [-0.39, 0.29) is 10.8 Å². The van der Waals surface area contributed by atoms with Gasteiger partial charge in [0, 0.05) is 44.0 Å². The van der Waals surface area contributed by atoms with Crippen molar-refractivity contribution in [3.63, 3.8) is 0 Å². The number of ether oxygens (including phenoxy) is 1. The highest BCUT2D eigenvalue weighted by atomic mass is 32.2. The Labute approximate surface area is 178 Å². The summed E-state index contributed by atoms with van der Waals surface area (Å²) >= 11 is 0. The number of hydrogen-bond acceptors (Lipinski definition) is 5. The molecule has 3 rings (SSSR count). The Kier molecular flexibility index (Phi) is 7.47. The summed E-state index contributed by atoms with van der Waals surface area (Å²) < 4.78 is 32.3. The van der Waals surface area contributed by atoms with Crippen molar-refractivity contribution in [1.82, 2.24) is 9.62 Å². The van der Waals surface area contributed by atoms with Crippen molar-refractivity contribution in [3.05, 3.63) is 59.7 Å². The predicted octanol–water partition coefficient (Wildman–Crippen LogP) is 2.27. The number of benzene rings is 2. The van der Waals surface area contributed by atoms with Crippen LogP contribution >= 0.6 is 0 Å². The first-order valence-corrected chi connectivity index (χ1v) is 11.6. The van der Waals surface area contributed by atoms with Crippen LogP contribution in [-0.4, -0.2) is 64.6 Å². The zero-order chi connectivity index (χ0) is 21.6. The van der Waals surface area contributed by atoms with Crippen LogP contribution in [0.4, 0.5) is 5.69 Å². The van der Waals surface area contributed by atoms with E-state index in [9.17, 15) is 13.2 Å². The first-order valence-electron chi connectivity index (χ1n) is 10.2. The number of nitrogens with zero attached hydrogens (tertiary/aromatic N) is 2. The van der Waals surface area contributed by atoms with E-state index < -0.39 is 10.0 Å². The smallest absolute Gasteiger partial charge is 0.251 e. The minimum Gasteiger partial charge on any atom is -0.379 e. The maximum Gasteiger partial charge on any atom is 0.251 e. The van der Waals surface area contributed by atoms with Crippen molar-refractivity contribution in [3.8, 4) is 0 Å². The lowest BCUT2D eigenvalue weighted by atomic mass is 10.2. The Morgan fingerprint density at radius 1 is 1.13 bits per heavy atom. The number of rotatable bonds is 8. The molecule has 30 heavy (non-hydrogen) atoms. The zero-order valence-electron chi connectivity index (χ0n) is 17.5. The molecule has 0 aliphatic carbocycles. The monoisotopic (exact) mass is 431 g/mol. The van der Waals surface area contributed by atoms with Gasteiger partial charge in [-0.1, -0.05) is 18.2 Å². The van der Waals surface area contributed by atoms with E-state index in [1.165, 1.54) is 22.0 Å². The van der Waals surface area contributed by atoms with Gasteiger partial charge in [-0.2, -0.15) is 4.31 Å². The maximum atomic E-state index is 12.8. The second-order valence-corrected chi connectivity index (χ2v) is 9.16. The molecule has 0 radical (unpaired) electrons. The van der Waals surface area contributed by atoms with Crippen LogP contribution in [0.1, 0.15) is 22.8 Å². The predicted molar refractivity (Wildman–Crippen MR) is 117 cm³/mol. The highest BCUT2D eigenvalue weighted by molar-refractivity contribution is 7.89. The minimum absolute atomic E-state index is 0.131. The normalized spacial score (nSPS) is 15.0. The van der Waals surface area contributed by atoms with E-state index >= 15 is 0 Å². The van der Waals surface area contributed by atoms with Crippen LogP contribution in [0.15, 0.2) is 53.4 Å². The average molecular weight is 432 g/mol. The number of nitrogens with one attached hydrogen (secondary N) is 1. The van der Waals surface area contributed by atoms with Gasteiger partial charge in [-0.05, 0) is 49.7 Å². The molecule has 2 aromatic rings. The molecule has 8 heteroatoms. The number of sulfonamides is 1. The fraction of sp³-hybridized carbons (Fsp3) is 0.409. The number of anilines is 1. The number of hydrogen-bond donors (Lipinski definition) is 1. The SMILES string of the molecule is CCN(CCNC(=O)c1cccc(S(=O)(=O)N2CCOCC2)c1)c1cccc(C)c1. The summed E-state index contributed by atoms with van der Waals surface area (Å²) in [6.45, 7) is 7.49. The molecular weight excluding hydrogens is 402 g/mol. The lowest BCUT2D eigenvalue weighted by molar-refractivity contribution is 0.0730. The van der Waals surface area contributed by atoms with E-state index in [4.69, 9.17) is 4.74 Å². The van der Waals surface area contributed by atoms with E-state index in [2.05, 4.69) is 42.3 Å². The van der Waals surface area contributed by atoms with Gasteiger partial charge in [-0.25, -0.2) is 8.42 Å². The second kappa shape index (κ2) is 10.1. The molecule has 2 aromatic carbocycles. The molecule has 1 heterocycles. The molecule has 1 aliphatic heterocycles. The number of aryl methyl sites for hydroxylation is 1. The lowest BCUT2D eigenvalue weighted by Gasteiger charge is -2.26. The van der Waals surface area contributed by atoms with Crippen LogP contribution in [0.3, 0.4) is 0 Å². The fourth-order valence-electron chi connectivity index (χ4n) is 3.43. The van der Waals surface area contributed by atoms with Crippen molar-refractivity contribution in [2.45, 2.75) is 18.7 Å².